The fourth-order valence-corrected chi connectivity index (χ4v) is 5.02. The Balaban J connectivity index is 1.66. The smallest absolute Gasteiger partial charge is 0.259 e. The molecule has 0 spiro atoms. The van der Waals surface area contributed by atoms with E-state index in [1.54, 1.807) is 6.20 Å². The summed E-state index contributed by atoms with van der Waals surface area (Å²) in [6, 6.07) is 13.5. The highest BCUT2D eigenvalue weighted by atomic mass is 16.2. The number of aromatic nitrogens is 2. The number of rotatable bonds is 8. The molecule has 4 N–H and O–H groups in total. The van der Waals surface area contributed by atoms with Crippen molar-refractivity contribution in [3.05, 3.63) is 66.0 Å². The fourth-order valence-electron chi connectivity index (χ4n) is 5.02. The zero-order valence-electron chi connectivity index (χ0n) is 19.5. The topological polar surface area (TPSA) is 96.1 Å². The number of hydrogen-bond acceptors (Lipinski definition) is 4. The Labute approximate surface area is 198 Å². The average molecular weight is 456 g/mol. The Morgan fingerprint density at radius 1 is 0.912 bits per heavy atom. The first-order valence-electron chi connectivity index (χ1n) is 11.8. The van der Waals surface area contributed by atoms with Gasteiger partial charge in [-0.3, -0.25) is 14.9 Å². The van der Waals surface area contributed by atoms with Crippen LogP contribution >= 0.6 is 0 Å². The van der Waals surface area contributed by atoms with E-state index in [1.807, 2.05) is 48.7 Å². The first-order chi connectivity index (χ1) is 16.5. The second kappa shape index (κ2) is 8.83. The van der Waals surface area contributed by atoms with Gasteiger partial charge in [0.15, 0.2) is 0 Å². The van der Waals surface area contributed by atoms with Crippen molar-refractivity contribution in [1.29, 1.82) is 0 Å². The van der Waals surface area contributed by atoms with Crippen LogP contribution in [0.3, 0.4) is 0 Å². The predicted molar refractivity (Wildman–Crippen MR) is 137 cm³/mol. The summed E-state index contributed by atoms with van der Waals surface area (Å²) in [6.07, 6.45) is 4.74. The minimum absolute atomic E-state index is 0.379. The maximum absolute atomic E-state index is 13.1. The quantitative estimate of drug-likeness (QED) is 0.276. The van der Waals surface area contributed by atoms with Crippen LogP contribution in [0.5, 0.6) is 0 Å². The van der Waals surface area contributed by atoms with Crippen LogP contribution < -0.4 is 11.1 Å². The molecule has 2 aromatic heterocycles. The maximum atomic E-state index is 13.1. The highest BCUT2D eigenvalue weighted by molar-refractivity contribution is 6.50. The van der Waals surface area contributed by atoms with Crippen LogP contribution in [0.15, 0.2) is 54.9 Å². The van der Waals surface area contributed by atoms with E-state index in [-0.39, 0.29) is 11.8 Å². The first-order valence-corrected chi connectivity index (χ1v) is 11.8. The third kappa shape index (κ3) is 3.58. The van der Waals surface area contributed by atoms with Gasteiger partial charge >= 0.3 is 0 Å². The molecule has 0 radical (unpaired) electrons. The minimum atomic E-state index is -0.380. The molecule has 0 fully saturated rings. The lowest BCUT2D eigenvalue weighted by molar-refractivity contribution is -0.122. The SMILES string of the molecule is CCN(CC)CCCn1cc(C2=C(c3c[nH]c4ccccc34)C(=O)NC2=O)c2cccc(N)c21. The van der Waals surface area contributed by atoms with Crippen LogP contribution in [-0.4, -0.2) is 45.9 Å². The molecule has 0 atom stereocenters. The van der Waals surface area contributed by atoms with Gasteiger partial charge in [0.05, 0.1) is 22.4 Å². The molecular formula is C27H29N5O2. The number of hydrogen-bond donors (Lipinski definition) is 3. The normalized spacial score (nSPS) is 14.2. The summed E-state index contributed by atoms with van der Waals surface area (Å²) in [6.45, 7) is 8.11. The number of carbonyl (C=O) groups excluding carboxylic acids is 2. The summed E-state index contributed by atoms with van der Waals surface area (Å²) in [5.41, 5.74) is 11.1. The largest absolute Gasteiger partial charge is 0.397 e. The molecule has 34 heavy (non-hydrogen) atoms. The minimum Gasteiger partial charge on any atom is -0.397 e. The van der Waals surface area contributed by atoms with Crippen LogP contribution in [0, 0.1) is 0 Å². The molecule has 174 valence electrons. The van der Waals surface area contributed by atoms with Gasteiger partial charge in [0.2, 0.25) is 0 Å². The van der Waals surface area contributed by atoms with Gasteiger partial charge in [-0.15, -0.1) is 0 Å². The summed E-state index contributed by atoms with van der Waals surface area (Å²) >= 11 is 0. The zero-order chi connectivity index (χ0) is 23.8. The number of amides is 2. The number of aryl methyl sites for hydroxylation is 1. The number of benzene rings is 2. The number of aromatic amines is 1. The molecule has 1 aliphatic heterocycles. The Kier molecular flexibility index (Phi) is 5.71. The van der Waals surface area contributed by atoms with Gasteiger partial charge in [-0.25, -0.2) is 0 Å². The molecule has 3 heterocycles. The number of anilines is 1. The van der Waals surface area contributed by atoms with Crippen molar-refractivity contribution < 1.29 is 9.59 Å². The van der Waals surface area contributed by atoms with Crippen molar-refractivity contribution in [2.24, 2.45) is 0 Å². The molecule has 0 unspecified atom stereocenters. The monoisotopic (exact) mass is 455 g/mol. The summed E-state index contributed by atoms with van der Waals surface area (Å²) in [7, 11) is 0. The van der Waals surface area contributed by atoms with E-state index in [1.165, 1.54) is 0 Å². The van der Waals surface area contributed by atoms with Crippen molar-refractivity contribution >= 4 is 50.5 Å². The van der Waals surface area contributed by atoms with Gasteiger partial charge in [-0.05, 0) is 38.2 Å². The number of fused-ring (bicyclic) bond motifs is 2. The molecule has 0 aliphatic carbocycles. The van der Waals surface area contributed by atoms with Gasteiger partial charge in [0.1, 0.15) is 0 Å². The van der Waals surface area contributed by atoms with E-state index in [9.17, 15) is 9.59 Å². The van der Waals surface area contributed by atoms with Crippen molar-refractivity contribution in [3.63, 3.8) is 0 Å². The summed E-state index contributed by atoms with van der Waals surface area (Å²) < 4.78 is 2.12. The van der Waals surface area contributed by atoms with E-state index in [0.717, 1.165) is 65.5 Å². The second-order valence-electron chi connectivity index (χ2n) is 8.64. The van der Waals surface area contributed by atoms with Crippen LogP contribution in [0.25, 0.3) is 33.0 Å². The molecule has 5 rings (SSSR count). The molecule has 0 saturated heterocycles. The van der Waals surface area contributed by atoms with E-state index >= 15 is 0 Å². The molecule has 7 nitrogen and oxygen atoms in total. The van der Waals surface area contributed by atoms with E-state index in [2.05, 4.69) is 33.6 Å². The first kappa shape index (κ1) is 22.0. The molecular weight excluding hydrogens is 426 g/mol. The summed E-state index contributed by atoms with van der Waals surface area (Å²) in [5.74, 6) is -0.758. The third-order valence-electron chi connectivity index (χ3n) is 6.76. The molecule has 2 amide bonds. The van der Waals surface area contributed by atoms with Crippen LogP contribution in [0.2, 0.25) is 0 Å². The summed E-state index contributed by atoms with van der Waals surface area (Å²) in [4.78, 5) is 31.7. The lowest BCUT2D eigenvalue weighted by Gasteiger charge is -2.18. The van der Waals surface area contributed by atoms with Crippen LogP contribution in [0.4, 0.5) is 5.69 Å². The van der Waals surface area contributed by atoms with Crippen LogP contribution in [0.1, 0.15) is 31.4 Å². The highest BCUT2D eigenvalue weighted by Gasteiger charge is 2.35. The van der Waals surface area contributed by atoms with E-state index < -0.39 is 0 Å². The standard InChI is InChI=1S/C27H29N5O2/c1-3-31(4-2)13-8-14-32-16-20(18-10-7-11-21(28)25(18)32)24-23(26(33)30-27(24)34)19-15-29-22-12-6-5-9-17(19)22/h5-7,9-12,15-16,29H,3-4,8,13-14,28H2,1-2H3,(H,30,33,34). The van der Waals surface area contributed by atoms with Crippen molar-refractivity contribution in [3.8, 4) is 0 Å². The Bertz CT molecular complexity index is 1440. The molecule has 4 aromatic rings. The van der Waals surface area contributed by atoms with E-state index in [4.69, 9.17) is 5.73 Å². The van der Waals surface area contributed by atoms with Crippen molar-refractivity contribution in [1.82, 2.24) is 19.8 Å². The summed E-state index contributed by atoms with van der Waals surface area (Å²) in [5, 5.41) is 4.30. The third-order valence-corrected chi connectivity index (χ3v) is 6.76. The zero-order valence-corrected chi connectivity index (χ0v) is 19.5. The number of para-hydroxylation sites is 2. The highest BCUT2D eigenvalue weighted by Crippen LogP contribution is 2.39. The lowest BCUT2D eigenvalue weighted by Crippen LogP contribution is -2.24. The number of nitrogens with two attached hydrogens (primary N) is 1. The van der Waals surface area contributed by atoms with Gasteiger partial charge < -0.3 is 20.2 Å². The Morgan fingerprint density at radius 3 is 2.38 bits per heavy atom. The van der Waals surface area contributed by atoms with Crippen LogP contribution in [-0.2, 0) is 16.1 Å². The van der Waals surface area contributed by atoms with Crippen molar-refractivity contribution in [2.75, 3.05) is 25.4 Å². The second-order valence-corrected chi connectivity index (χ2v) is 8.64. The molecule has 2 aromatic carbocycles. The van der Waals surface area contributed by atoms with Crippen molar-refractivity contribution in [2.45, 2.75) is 26.8 Å². The van der Waals surface area contributed by atoms with Gasteiger partial charge in [-0.1, -0.05) is 44.2 Å². The Hall–Kier alpha value is -3.84. The fraction of sp³-hybridized carbons (Fsp3) is 0.259. The average Bonchev–Trinajstić information content (AvgIpc) is 3.50. The number of nitrogens with one attached hydrogen (secondary N) is 2. The maximum Gasteiger partial charge on any atom is 0.259 e. The number of imide groups is 1. The van der Waals surface area contributed by atoms with Gasteiger partial charge in [0.25, 0.3) is 11.8 Å². The number of carbonyl (C=O) groups is 2. The molecule has 0 bridgehead atoms. The predicted octanol–water partition coefficient (Wildman–Crippen LogP) is 4.00. The molecule has 7 heteroatoms. The lowest BCUT2D eigenvalue weighted by atomic mass is 9.95. The number of nitrogen functional groups attached to an aromatic ring is 1. The Morgan fingerprint density at radius 2 is 1.62 bits per heavy atom. The number of nitrogens with zero attached hydrogens (tertiary/aromatic N) is 2. The molecule has 1 aliphatic rings. The number of H-pyrrole nitrogens is 1. The van der Waals surface area contributed by atoms with E-state index in [0.29, 0.717) is 16.8 Å². The van der Waals surface area contributed by atoms with Gasteiger partial charge in [0, 0.05) is 46.4 Å². The molecule has 0 saturated carbocycles. The van der Waals surface area contributed by atoms with Gasteiger partial charge in [-0.2, -0.15) is 0 Å².